The molecule has 0 aromatic rings. The molecule has 1 unspecified atom stereocenters. The van der Waals surface area contributed by atoms with Crippen LogP contribution in [0.4, 0.5) is 0 Å². The van der Waals surface area contributed by atoms with Gasteiger partial charge in [-0.15, -0.1) is 0 Å². The molecule has 0 aliphatic carbocycles. The molecule has 5 heteroatoms. The monoisotopic (exact) mass is 653 g/mol. The van der Waals surface area contributed by atoms with Crippen molar-refractivity contribution < 1.29 is 24.2 Å². The van der Waals surface area contributed by atoms with Gasteiger partial charge in [0.15, 0.2) is 6.10 Å². The van der Waals surface area contributed by atoms with E-state index in [1.165, 1.54) is 173 Å². The van der Waals surface area contributed by atoms with Crippen LogP contribution in [-0.2, 0) is 19.1 Å². The molecular weight excluding hydrogens is 572 g/mol. The number of esters is 2. The zero-order valence-electron chi connectivity index (χ0n) is 31.1. The molecular formula is C41H80O5. The van der Waals surface area contributed by atoms with E-state index in [-0.39, 0.29) is 25.2 Å². The van der Waals surface area contributed by atoms with E-state index in [1.54, 1.807) is 0 Å². The van der Waals surface area contributed by atoms with Crippen LogP contribution in [0.25, 0.3) is 0 Å². The summed E-state index contributed by atoms with van der Waals surface area (Å²) in [5.41, 5.74) is 0. The molecule has 0 rings (SSSR count). The first-order valence-electron chi connectivity index (χ1n) is 20.6. The maximum Gasteiger partial charge on any atom is 0.306 e. The minimum Gasteiger partial charge on any atom is -0.462 e. The number of rotatable bonds is 38. The topological polar surface area (TPSA) is 72.8 Å². The van der Waals surface area contributed by atoms with Crippen molar-refractivity contribution in [3.05, 3.63) is 0 Å². The molecule has 0 heterocycles. The number of hydrogen-bond acceptors (Lipinski definition) is 5. The van der Waals surface area contributed by atoms with E-state index in [2.05, 4.69) is 13.8 Å². The predicted octanol–water partition coefficient (Wildman–Crippen LogP) is 12.7. The van der Waals surface area contributed by atoms with Gasteiger partial charge in [0.25, 0.3) is 0 Å². The van der Waals surface area contributed by atoms with Gasteiger partial charge in [-0.3, -0.25) is 9.59 Å². The predicted molar refractivity (Wildman–Crippen MR) is 196 cm³/mol. The fourth-order valence-corrected chi connectivity index (χ4v) is 6.26. The van der Waals surface area contributed by atoms with Crippen LogP contribution in [0.2, 0.25) is 0 Å². The van der Waals surface area contributed by atoms with Gasteiger partial charge in [0, 0.05) is 12.8 Å². The molecule has 0 fully saturated rings. The molecule has 0 saturated carbocycles. The third-order valence-electron chi connectivity index (χ3n) is 9.40. The zero-order valence-corrected chi connectivity index (χ0v) is 31.1. The van der Waals surface area contributed by atoms with E-state index in [0.29, 0.717) is 12.8 Å². The lowest BCUT2D eigenvalue weighted by atomic mass is 10.0. The van der Waals surface area contributed by atoms with Crippen LogP contribution in [-0.4, -0.2) is 36.4 Å². The number of hydrogen-bond donors (Lipinski definition) is 1. The number of carbonyl (C=O) groups excluding carboxylic acids is 2. The second-order valence-corrected chi connectivity index (χ2v) is 14.1. The van der Waals surface area contributed by atoms with Gasteiger partial charge in [-0.1, -0.05) is 206 Å². The van der Waals surface area contributed by atoms with E-state index in [9.17, 15) is 14.7 Å². The summed E-state index contributed by atoms with van der Waals surface area (Å²) in [7, 11) is 0. The number of unbranched alkanes of at least 4 members (excludes halogenated alkanes) is 30. The molecule has 0 aliphatic rings. The molecule has 0 spiro atoms. The zero-order chi connectivity index (χ0) is 33.6. The van der Waals surface area contributed by atoms with Crippen molar-refractivity contribution in [3.63, 3.8) is 0 Å². The Bertz CT molecular complexity index is 622. The molecule has 0 aromatic carbocycles. The first-order chi connectivity index (χ1) is 22.6. The van der Waals surface area contributed by atoms with Crippen LogP contribution in [0.1, 0.15) is 232 Å². The molecule has 5 nitrogen and oxygen atoms in total. The molecule has 1 atom stereocenters. The Morgan fingerprint density at radius 1 is 0.413 bits per heavy atom. The Balaban J connectivity index is 3.48. The van der Waals surface area contributed by atoms with Gasteiger partial charge in [-0.2, -0.15) is 0 Å². The van der Waals surface area contributed by atoms with Crippen LogP contribution >= 0.6 is 0 Å². The fourth-order valence-electron chi connectivity index (χ4n) is 6.26. The van der Waals surface area contributed by atoms with Gasteiger partial charge >= 0.3 is 11.9 Å². The quantitative estimate of drug-likeness (QED) is 0.0531. The van der Waals surface area contributed by atoms with Gasteiger partial charge in [-0.05, 0) is 12.8 Å². The van der Waals surface area contributed by atoms with Gasteiger partial charge in [0.2, 0.25) is 0 Å². The largest absolute Gasteiger partial charge is 0.462 e. The van der Waals surface area contributed by atoms with Gasteiger partial charge in [0.05, 0.1) is 6.61 Å². The van der Waals surface area contributed by atoms with E-state index in [0.717, 1.165) is 32.1 Å². The second-order valence-electron chi connectivity index (χ2n) is 14.1. The highest BCUT2D eigenvalue weighted by atomic mass is 16.6. The second kappa shape index (κ2) is 38.3. The van der Waals surface area contributed by atoms with E-state index >= 15 is 0 Å². The third-order valence-corrected chi connectivity index (χ3v) is 9.40. The van der Waals surface area contributed by atoms with Gasteiger partial charge in [0.1, 0.15) is 6.61 Å². The maximum atomic E-state index is 12.2. The number of carbonyl (C=O) groups is 2. The lowest BCUT2D eigenvalue weighted by Gasteiger charge is -2.15. The molecule has 0 aromatic heterocycles. The van der Waals surface area contributed by atoms with Crippen molar-refractivity contribution in [2.24, 2.45) is 0 Å². The van der Waals surface area contributed by atoms with Crippen LogP contribution < -0.4 is 0 Å². The molecule has 274 valence electrons. The number of aliphatic hydroxyl groups is 1. The van der Waals surface area contributed by atoms with Crippen molar-refractivity contribution >= 4 is 11.9 Å². The summed E-state index contributed by atoms with van der Waals surface area (Å²) in [6, 6.07) is 0. The molecule has 1 N–H and O–H groups in total. The summed E-state index contributed by atoms with van der Waals surface area (Å²) < 4.78 is 10.6. The van der Waals surface area contributed by atoms with Crippen molar-refractivity contribution in [2.45, 2.75) is 238 Å². The summed E-state index contributed by atoms with van der Waals surface area (Å²) >= 11 is 0. The highest BCUT2D eigenvalue weighted by Crippen LogP contribution is 2.16. The van der Waals surface area contributed by atoms with Crippen molar-refractivity contribution in [1.82, 2.24) is 0 Å². The summed E-state index contributed by atoms with van der Waals surface area (Å²) in [4.78, 5) is 24.3. The Morgan fingerprint density at radius 3 is 0.957 bits per heavy atom. The number of ether oxygens (including phenoxy) is 2. The highest BCUT2D eigenvalue weighted by molar-refractivity contribution is 5.70. The van der Waals surface area contributed by atoms with Crippen LogP contribution in [0, 0.1) is 0 Å². The average Bonchev–Trinajstić information content (AvgIpc) is 3.06. The van der Waals surface area contributed by atoms with Crippen molar-refractivity contribution in [1.29, 1.82) is 0 Å². The van der Waals surface area contributed by atoms with E-state index in [4.69, 9.17) is 9.47 Å². The third kappa shape index (κ3) is 35.7. The Morgan fingerprint density at radius 2 is 0.674 bits per heavy atom. The van der Waals surface area contributed by atoms with Crippen LogP contribution in [0.3, 0.4) is 0 Å². The lowest BCUT2D eigenvalue weighted by Crippen LogP contribution is -2.28. The molecule has 46 heavy (non-hydrogen) atoms. The van der Waals surface area contributed by atoms with Gasteiger partial charge in [-0.25, -0.2) is 0 Å². The minimum atomic E-state index is -0.761. The highest BCUT2D eigenvalue weighted by Gasteiger charge is 2.16. The molecule has 0 bridgehead atoms. The van der Waals surface area contributed by atoms with Crippen LogP contribution in [0.15, 0.2) is 0 Å². The smallest absolute Gasteiger partial charge is 0.306 e. The Kier molecular flexibility index (Phi) is 37.4. The van der Waals surface area contributed by atoms with Crippen molar-refractivity contribution in [3.8, 4) is 0 Å². The maximum absolute atomic E-state index is 12.2. The first kappa shape index (κ1) is 44.9. The normalized spacial score (nSPS) is 12.0. The van der Waals surface area contributed by atoms with Crippen LogP contribution in [0.5, 0.6) is 0 Å². The molecule has 0 amide bonds. The summed E-state index contributed by atoms with van der Waals surface area (Å²) in [5, 5.41) is 9.56. The summed E-state index contributed by atoms with van der Waals surface area (Å²) in [6.07, 6.45) is 41.6. The molecule has 0 aliphatic heterocycles. The molecule has 0 radical (unpaired) electrons. The lowest BCUT2D eigenvalue weighted by molar-refractivity contribution is -0.161. The summed E-state index contributed by atoms with van der Waals surface area (Å²) in [5.74, 6) is -0.573. The Labute approximate surface area is 287 Å². The SMILES string of the molecule is CCCCCCCCCCCCCCCCCCCC(=O)OCC(CO)OC(=O)CCCCCCCCCCCCCCCCC. The summed E-state index contributed by atoms with van der Waals surface area (Å²) in [6.45, 7) is 4.17. The average molecular weight is 653 g/mol. The fraction of sp³-hybridized carbons (Fsp3) is 0.951. The standard InChI is InChI=1S/C41H80O5/c1-3-5-7-9-11-13-15-17-19-20-22-23-25-27-29-31-33-35-40(43)45-38-39(37-42)46-41(44)36-34-32-30-28-26-24-21-18-16-14-12-10-8-6-4-2/h39,42H,3-38H2,1-2H3. The molecule has 0 saturated heterocycles. The van der Waals surface area contributed by atoms with E-state index < -0.39 is 6.10 Å². The Hall–Kier alpha value is -1.10. The van der Waals surface area contributed by atoms with Crippen molar-refractivity contribution in [2.75, 3.05) is 13.2 Å². The van der Waals surface area contributed by atoms with E-state index in [1.807, 2.05) is 0 Å². The first-order valence-corrected chi connectivity index (χ1v) is 20.6. The van der Waals surface area contributed by atoms with Gasteiger partial charge < -0.3 is 14.6 Å². The number of aliphatic hydroxyl groups excluding tert-OH is 1. The minimum absolute atomic E-state index is 0.0567.